The lowest BCUT2D eigenvalue weighted by atomic mass is 10.3. The monoisotopic (exact) mass is 219 g/mol. The summed E-state index contributed by atoms with van der Waals surface area (Å²) in [5, 5.41) is 10.9. The van der Waals surface area contributed by atoms with Crippen LogP contribution in [0.25, 0.3) is 0 Å². The van der Waals surface area contributed by atoms with E-state index in [1.807, 2.05) is 0 Å². The van der Waals surface area contributed by atoms with Crippen molar-refractivity contribution in [1.29, 1.82) is 0 Å². The molecule has 14 heavy (non-hydrogen) atoms. The molecular weight excluding hydrogens is 206 g/mol. The minimum absolute atomic E-state index is 0.0963. The quantitative estimate of drug-likeness (QED) is 0.590. The Morgan fingerprint density at radius 1 is 1.64 bits per heavy atom. The maximum absolute atomic E-state index is 11.2. The molecule has 0 spiro atoms. The molecule has 80 valence electrons. The van der Waals surface area contributed by atoms with Crippen molar-refractivity contribution in [3.63, 3.8) is 0 Å². The van der Waals surface area contributed by atoms with Crippen LogP contribution in [0.15, 0.2) is 12.7 Å². The minimum Gasteiger partial charge on any atom is -0.480 e. The number of hydrogen-bond acceptors (Lipinski definition) is 3. The molecule has 0 heterocycles. The van der Waals surface area contributed by atoms with Crippen molar-refractivity contribution >= 4 is 22.7 Å². The van der Waals surface area contributed by atoms with Crippen molar-refractivity contribution in [2.75, 3.05) is 11.5 Å². The summed E-state index contributed by atoms with van der Waals surface area (Å²) in [5.74, 6) is -1.50. The van der Waals surface area contributed by atoms with Crippen LogP contribution in [0.5, 0.6) is 0 Å². The van der Waals surface area contributed by atoms with Gasteiger partial charge in [0.25, 0.3) is 0 Å². The number of carbonyl (C=O) groups excluding carboxylic acids is 1. The normalized spacial score (nSPS) is 14.1. The Morgan fingerprint density at radius 2 is 2.21 bits per heavy atom. The van der Waals surface area contributed by atoms with Crippen molar-refractivity contribution in [2.45, 2.75) is 13.0 Å². The lowest BCUT2D eigenvalue weighted by molar-refractivity contribution is -0.140. The number of rotatable bonds is 6. The Balaban J connectivity index is 4.22. The van der Waals surface area contributed by atoms with Crippen LogP contribution in [-0.4, -0.2) is 38.7 Å². The molecule has 0 aromatic carbocycles. The molecule has 0 aliphatic carbocycles. The van der Waals surface area contributed by atoms with Crippen LogP contribution in [0.1, 0.15) is 6.92 Å². The van der Waals surface area contributed by atoms with Crippen molar-refractivity contribution in [3.8, 4) is 0 Å². The highest BCUT2D eigenvalue weighted by Crippen LogP contribution is 1.91. The lowest BCUT2D eigenvalue weighted by Gasteiger charge is -2.11. The molecular formula is C8H13NO4S. The Morgan fingerprint density at radius 3 is 2.57 bits per heavy atom. The van der Waals surface area contributed by atoms with Gasteiger partial charge in [0, 0.05) is 23.5 Å². The van der Waals surface area contributed by atoms with Gasteiger partial charge in [0.15, 0.2) is 0 Å². The van der Waals surface area contributed by atoms with Crippen LogP contribution in [-0.2, 0) is 20.4 Å². The van der Waals surface area contributed by atoms with E-state index in [1.165, 1.54) is 13.0 Å². The van der Waals surface area contributed by atoms with E-state index in [-0.39, 0.29) is 11.5 Å². The summed E-state index contributed by atoms with van der Waals surface area (Å²) < 4.78 is 11.2. The standard InChI is InChI=1S/C8H13NO4S/c1-3-4-14(13)5-7(8(11)12)9-6(2)10/h3,7H,1,4-5H2,2H3,(H,9,10)(H,11,12)/t7-,14?/m0/s1. The molecule has 2 atom stereocenters. The Kier molecular flexibility index (Phi) is 5.78. The molecule has 0 bridgehead atoms. The molecule has 2 N–H and O–H groups in total. The SMILES string of the molecule is C=CCS(=O)C[C@H](NC(C)=O)C(=O)O. The Bertz CT molecular complexity index is 264. The predicted octanol–water partition coefficient (Wildman–Crippen LogP) is -0.490. The number of carboxylic acids is 1. The fourth-order valence-electron chi connectivity index (χ4n) is 0.805. The third-order valence-corrected chi connectivity index (χ3v) is 2.64. The summed E-state index contributed by atoms with van der Waals surface area (Å²) >= 11 is 0. The number of nitrogens with one attached hydrogen (secondary N) is 1. The van der Waals surface area contributed by atoms with E-state index in [1.54, 1.807) is 0 Å². The zero-order chi connectivity index (χ0) is 11.1. The zero-order valence-corrected chi connectivity index (χ0v) is 8.67. The Hall–Kier alpha value is -1.17. The third-order valence-electron chi connectivity index (χ3n) is 1.33. The highest BCUT2D eigenvalue weighted by atomic mass is 32.2. The topological polar surface area (TPSA) is 83.5 Å². The molecule has 5 nitrogen and oxygen atoms in total. The van der Waals surface area contributed by atoms with E-state index in [0.717, 1.165) is 0 Å². The Labute approximate surface area is 84.6 Å². The van der Waals surface area contributed by atoms with Gasteiger partial charge in [-0.05, 0) is 0 Å². The molecule has 0 aromatic heterocycles. The molecule has 0 saturated carbocycles. The largest absolute Gasteiger partial charge is 0.480 e. The molecule has 0 aliphatic heterocycles. The summed E-state index contributed by atoms with van der Waals surface area (Å²) in [6.07, 6.45) is 1.45. The van der Waals surface area contributed by atoms with E-state index >= 15 is 0 Å². The number of aliphatic carboxylic acids is 1. The van der Waals surface area contributed by atoms with Crippen LogP contribution in [0.4, 0.5) is 0 Å². The minimum atomic E-state index is -1.30. The summed E-state index contributed by atoms with van der Waals surface area (Å²) in [6, 6.07) is -1.09. The van der Waals surface area contributed by atoms with Gasteiger partial charge in [-0.2, -0.15) is 0 Å². The van der Waals surface area contributed by atoms with Crippen LogP contribution in [0.2, 0.25) is 0 Å². The van der Waals surface area contributed by atoms with Crippen molar-refractivity contribution in [2.24, 2.45) is 0 Å². The highest BCUT2D eigenvalue weighted by molar-refractivity contribution is 7.85. The highest BCUT2D eigenvalue weighted by Gasteiger charge is 2.20. The van der Waals surface area contributed by atoms with Gasteiger partial charge >= 0.3 is 5.97 Å². The van der Waals surface area contributed by atoms with E-state index < -0.39 is 28.7 Å². The average Bonchev–Trinajstić information content (AvgIpc) is 2.02. The maximum Gasteiger partial charge on any atom is 0.327 e. The number of amides is 1. The van der Waals surface area contributed by atoms with Gasteiger partial charge in [0.05, 0.1) is 5.75 Å². The van der Waals surface area contributed by atoms with E-state index in [2.05, 4.69) is 11.9 Å². The van der Waals surface area contributed by atoms with Gasteiger partial charge in [-0.1, -0.05) is 6.08 Å². The average molecular weight is 219 g/mol. The van der Waals surface area contributed by atoms with Crippen LogP contribution >= 0.6 is 0 Å². The van der Waals surface area contributed by atoms with Gasteiger partial charge < -0.3 is 10.4 Å². The first-order valence-corrected chi connectivity index (χ1v) is 5.42. The van der Waals surface area contributed by atoms with Gasteiger partial charge in [0.1, 0.15) is 6.04 Å². The van der Waals surface area contributed by atoms with Crippen molar-refractivity contribution in [3.05, 3.63) is 12.7 Å². The fourth-order valence-corrected chi connectivity index (χ4v) is 1.80. The second-order valence-electron chi connectivity index (χ2n) is 2.65. The van der Waals surface area contributed by atoms with Gasteiger partial charge in [-0.25, -0.2) is 4.79 Å². The first-order chi connectivity index (χ1) is 6.47. The number of hydrogen-bond donors (Lipinski definition) is 2. The third kappa shape index (κ3) is 5.47. The van der Waals surface area contributed by atoms with Crippen molar-refractivity contribution < 1.29 is 18.9 Å². The summed E-state index contributed by atoms with van der Waals surface area (Å²) in [7, 11) is -1.30. The van der Waals surface area contributed by atoms with Crippen molar-refractivity contribution in [1.82, 2.24) is 5.32 Å². The first-order valence-electron chi connectivity index (χ1n) is 3.93. The summed E-state index contributed by atoms with van der Waals surface area (Å²) in [6.45, 7) is 4.60. The van der Waals surface area contributed by atoms with Gasteiger partial charge in [-0.3, -0.25) is 9.00 Å². The summed E-state index contributed by atoms with van der Waals surface area (Å²) in [5.41, 5.74) is 0. The molecule has 0 fully saturated rings. The molecule has 1 amide bonds. The molecule has 1 unspecified atom stereocenters. The second kappa shape index (κ2) is 6.31. The smallest absolute Gasteiger partial charge is 0.327 e. The maximum atomic E-state index is 11.2. The summed E-state index contributed by atoms with van der Waals surface area (Å²) in [4.78, 5) is 21.2. The van der Waals surface area contributed by atoms with Crippen LogP contribution < -0.4 is 5.32 Å². The van der Waals surface area contributed by atoms with Crippen LogP contribution in [0, 0.1) is 0 Å². The zero-order valence-electron chi connectivity index (χ0n) is 7.86. The van der Waals surface area contributed by atoms with Gasteiger partial charge in [-0.15, -0.1) is 6.58 Å². The fraction of sp³-hybridized carbons (Fsp3) is 0.500. The van der Waals surface area contributed by atoms with E-state index in [4.69, 9.17) is 5.11 Å². The van der Waals surface area contributed by atoms with E-state index in [0.29, 0.717) is 0 Å². The number of carbonyl (C=O) groups is 2. The molecule has 6 heteroatoms. The number of carboxylic acid groups (broad SMARTS) is 1. The molecule has 0 rings (SSSR count). The second-order valence-corrected chi connectivity index (χ2v) is 4.20. The molecule has 0 saturated heterocycles. The molecule has 0 aliphatic rings. The van der Waals surface area contributed by atoms with Crippen LogP contribution in [0.3, 0.4) is 0 Å². The molecule has 0 radical (unpaired) electrons. The lowest BCUT2D eigenvalue weighted by Crippen LogP contribution is -2.43. The predicted molar refractivity (Wildman–Crippen MR) is 53.3 cm³/mol. The first kappa shape index (κ1) is 12.8. The van der Waals surface area contributed by atoms with Gasteiger partial charge in [0.2, 0.25) is 5.91 Å². The van der Waals surface area contributed by atoms with E-state index in [9.17, 15) is 13.8 Å². The molecule has 0 aromatic rings.